The molecular formula is C10H16N2O2S. The maximum Gasteiger partial charge on any atom is 0.242 e. The molecule has 0 bridgehead atoms. The summed E-state index contributed by atoms with van der Waals surface area (Å²) in [5, 5.41) is 0. The van der Waals surface area contributed by atoms with Crippen molar-refractivity contribution in [2.75, 3.05) is 6.54 Å². The SMILES string of the molecule is CCCNS(=O)(=O)c1c(C)ccnc1C. The predicted octanol–water partition coefficient (Wildman–Crippen LogP) is 1.39. The van der Waals surface area contributed by atoms with E-state index in [1.54, 1.807) is 26.1 Å². The first-order valence-electron chi connectivity index (χ1n) is 4.91. The fourth-order valence-electron chi connectivity index (χ4n) is 1.40. The Labute approximate surface area is 90.8 Å². The molecule has 0 radical (unpaired) electrons. The van der Waals surface area contributed by atoms with Crippen LogP contribution in [0, 0.1) is 13.8 Å². The van der Waals surface area contributed by atoms with E-state index in [1.165, 1.54) is 0 Å². The Morgan fingerprint density at radius 2 is 2.07 bits per heavy atom. The van der Waals surface area contributed by atoms with Gasteiger partial charge in [0.15, 0.2) is 0 Å². The number of nitrogens with one attached hydrogen (secondary N) is 1. The number of pyridine rings is 1. The summed E-state index contributed by atoms with van der Waals surface area (Å²) in [6.45, 7) is 5.85. The number of aromatic nitrogens is 1. The minimum Gasteiger partial charge on any atom is -0.260 e. The van der Waals surface area contributed by atoms with Gasteiger partial charge in [-0.05, 0) is 31.9 Å². The van der Waals surface area contributed by atoms with E-state index in [4.69, 9.17) is 0 Å². The van der Waals surface area contributed by atoms with Crippen LogP contribution < -0.4 is 4.72 Å². The van der Waals surface area contributed by atoms with Crippen LogP contribution in [0.25, 0.3) is 0 Å². The van der Waals surface area contributed by atoms with Crippen LogP contribution in [0.5, 0.6) is 0 Å². The van der Waals surface area contributed by atoms with Gasteiger partial charge in [-0.1, -0.05) is 6.92 Å². The molecule has 0 atom stereocenters. The highest BCUT2D eigenvalue weighted by Gasteiger charge is 2.18. The largest absolute Gasteiger partial charge is 0.260 e. The smallest absolute Gasteiger partial charge is 0.242 e. The molecule has 1 rings (SSSR count). The first-order valence-corrected chi connectivity index (χ1v) is 6.39. The minimum atomic E-state index is -3.40. The van der Waals surface area contributed by atoms with Crippen LogP contribution >= 0.6 is 0 Å². The Morgan fingerprint density at radius 1 is 1.40 bits per heavy atom. The summed E-state index contributed by atoms with van der Waals surface area (Å²) in [5.74, 6) is 0. The molecule has 1 aromatic heterocycles. The van der Waals surface area contributed by atoms with Gasteiger partial charge in [-0.3, -0.25) is 4.98 Å². The van der Waals surface area contributed by atoms with E-state index < -0.39 is 10.0 Å². The molecule has 1 N–H and O–H groups in total. The molecule has 0 amide bonds. The molecule has 0 aliphatic heterocycles. The summed E-state index contributed by atoms with van der Waals surface area (Å²) in [5.41, 5.74) is 1.27. The van der Waals surface area contributed by atoms with Crippen molar-refractivity contribution in [1.82, 2.24) is 9.71 Å². The van der Waals surface area contributed by atoms with E-state index in [1.807, 2.05) is 6.92 Å². The summed E-state index contributed by atoms with van der Waals surface area (Å²) in [4.78, 5) is 4.30. The lowest BCUT2D eigenvalue weighted by molar-refractivity contribution is 0.579. The normalized spacial score (nSPS) is 11.7. The molecule has 84 valence electrons. The van der Waals surface area contributed by atoms with Crippen molar-refractivity contribution in [2.24, 2.45) is 0 Å². The molecule has 0 aliphatic carbocycles. The number of nitrogens with zero attached hydrogens (tertiary/aromatic N) is 1. The lowest BCUT2D eigenvalue weighted by Gasteiger charge is -2.10. The van der Waals surface area contributed by atoms with Gasteiger partial charge in [-0.15, -0.1) is 0 Å². The van der Waals surface area contributed by atoms with Crippen LogP contribution in [0.4, 0.5) is 0 Å². The van der Waals surface area contributed by atoms with Crippen LogP contribution in [0.1, 0.15) is 24.6 Å². The van der Waals surface area contributed by atoms with Gasteiger partial charge in [0, 0.05) is 12.7 Å². The van der Waals surface area contributed by atoms with E-state index in [0.717, 1.165) is 12.0 Å². The molecule has 1 heterocycles. The van der Waals surface area contributed by atoms with Crippen molar-refractivity contribution in [3.05, 3.63) is 23.5 Å². The average molecular weight is 228 g/mol. The lowest BCUT2D eigenvalue weighted by Crippen LogP contribution is -2.26. The van der Waals surface area contributed by atoms with E-state index in [9.17, 15) is 8.42 Å². The summed E-state index contributed by atoms with van der Waals surface area (Å²) in [6.07, 6.45) is 2.39. The van der Waals surface area contributed by atoms with Crippen molar-refractivity contribution in [3.63, 3.8) is 0 Å². The van der Waals surface area contributed by atoms with Gasteiger partial charge in [-0.25, -0.2) is 13.1 Å². The Morgan fingerprint density at radius 3 is 2.60 bits per heavy atom. The van der Waals surface area contributed by atoms with Gasteiger partial charge in [-0.2, -0.15) is 0 Å². The van der Waals surface area contributed by atoms with Crippen molar-refractivity contribution in [3.8, 4) is 0 Å². The number of aryl methyl sites for hydroxylation is 2. The minimum absolute atomic E-state index is 0.304. The Hall–Kier alpha value is -0.940. The zero-order chi connectivity index (χ0) is 11.5. The zero-order valence-corrected chi connectivity index (χ0v) is 10.1. The summed E-state index contributed by atoms with van der Waals surface area (Å²) < 4.78 is 26.3. The number of rotatable bonds is 4. The van der Waals surface area contributed by atoms with Crippen molar-refractivity contribution in [2.45, 2.75) is 32.1 Å². The molecule has 0 aromatic carbocycles. The monoisotopic (exact) mass is 228 g/mol. The van der Waals surface area contributed by atoms with Crippen LogP contribution in [0.15, 0.2) is 17.2 Å². The molecule has 0 unspecified atom stereocenters. The Kier molecular flexibility index (Phi) is 3.82. The third-order valence-corrected chi connectivity index (χ3v) is 3.83. The molecule has 5 heteroatoms. The van der Waals surface area contributed by atoms with E-state index in [2.05, 4.69) is 9.71 Å². The zero-order valence-electron chi connectivity index (χ0n) is 9.24. The van der Waals surface area contributed by atoms with Crippen LogP contribution in [0.2, 0.25) is 0 Å². The Bertz CT molecular complexity index is 420. The van der Waals surface area contributed by atoms with Gasteiger partial charge in [0.1, 0.15) is 4.90 Å². The van der Waals surface area contributed by atoms with Crippen molar-refractivity contribution >= 4 is 10.0 Å². The highest BCUT2D eigenvalue weighted by molar-refractivity contribution is 7.89. The average Bonchev–Trinajstić information content (AvgIpc) is 2.14. The highest BCUT2D eigenvalue weighted by Crippen LogP contribution is 2.16. The van der Waals surface area contributed by atoms with Crippen molar-refractivity contribution in [1.29, 1.82) is 0 Å². The topological polar surface area (TPSA) is 59.1 Å². The van der Waals surface area contributed by atoms with Crippen LogP contribution in [-0.2, 0) is 10.0 Å². The van der Waals surface area contributed by atoms with Crippen molar-refractivity contribution < 1.29 is 8.42 Å². The maximum atomic E-state index is 11.9. The van der Waals surface area contributed by atoms with Gasteiger partial charge < -0.3 is 0 Å². The first-order chi connectivity index (χ1) is 6.99. The number of sulfonamides is 1. The van der Waals surface area contributed by atoms with Gasteiger partial charge in [0.2, 0.25) is 10.0 Å². The fraction of sp³-hybridized carbons (Fsp3) is 0.500. The third-order valence-electron chi connectivity index (χ3n) is 2.09. The third kappa shape index (κ3) is 2.76. The highest BCUT2D eigenvalue weighted by atomic mass is 32.2. The number of hydrogen-bond donors (Lipinski definition) is 1. The maximum absolute atomic E-state index is 11.9. The quantitative estimate of drug-likeness (QED) is 0.847. The van der Waals surface area contributed by atoms with Gasteiger partial charge >= 0.3 is 0 Å². The predicted molar refractivity (Wildman–Crippen MR) is 59.2 cm³/mol. The van der Waals surface area contributed by atoms with Gasteiger partial charge in [0.05, 0.1) is 5.69 Å². The van der Waals surface area contributed by atoms with E-state index in [0.29, 0.717) is 17.1 Å². The van der Waals surface area contributed by atoms with E-state index in [-0.39, 0.29) is 0 Å². The van der Waals surface area contributed by atoms with Crippen LogP contribution in [-0.4, -0.2) is 19.9 Å². The summed E-state index contributed by atoms with van der Waals surface area (Å²) >= 11 is 0. The molecule has 0 spiro atoms. The first kappa shape index (κ1) is 12.1. The van der Waals surface area contributed by atoms with E-state index >= 15 is 0 Å². The molecule has 0 fully saturated rings. The molecule has 0 saturated carbocycles. The number of hydrogen-bond acceptors (Lipinski definition) is 3. The summed E-state index contributed by atoms with van der Waals surface area (Å²) in [7, 11) is -3.40. The molecule has 4 nitrogen and oxygen atoms in total. The molecule has 15 heavy (non-hydrogen) atoms. The standard InChI is InChI=1S/C10H16N2O2S/c1-4-6-12-15(13,14)10-8(2)5-7-11-9(10)3/h5,7,12H,4,6H2,1-3H3. The molecular weight excluding hydrogens is 212 g/mol. The van der Waals surface area contributed by atoms with Gasteiger partial charge in [0.25, 0.3) is 0 Å². The lowest BCUT2D eigenvalue weighted by atomic mass is 10.2. The molecule has 1 aromatic rings. The fourth-order valence-corrected chi connectivity index (χ4v) is 2.95. The summed E-state index contributed by atoms with van der Waals surface area (Å²) in [6, 6.07) is 1.70. The van der Waals surface area contributed by atoms with Crippen LogP contribution in [0.3, 0.4) is 0 Å². The molecule has 0 aliphatic rings. The second-order valence-electron chi connectivity index (χ2n) is 3.44. The second-order valence-corrected chi connectivity index (χ2v) is 5.14. The molecule has 0 saturated heterocycles. The Balaban J connectivity index is 3.15. The second kappa shape index (κ2) is 4.72.